The van der Waals surface area contributed by atoms with Crippen molar-refractivity contribution in [3.63, 3.8) is 0 Å². The maximum atomic E-state index is 12.9. The van der Waals surface area contributed by atoms with Gasteiger partial charge in [0.15, 0.2) is 11.0 Å². The van der Waals surface area contributed by atoms with Crippen LogP contribution >= 0.6 is 23.1 Å². The van der Waals surface area contributed by atoms with Crippen molar-refractivity contribution in [2.24, 2.45) is 11.3 Å². The SMILES string of the molecule is C=CCn1c(CNC(=O)c2cccc(C)c2)nnc1SCC(=O)Nc1sc2c(c1C#N)CC[C@H](C(C)(C)C)C2. The molecule has 0 bridgehead atoms. The lowest BCUT2D eigenvalue weighted by atomic mass is 9.72. The highest BCUT2D eigenvalue weighted by atomic mass is 32.2. The first-order chi connectivity index (χ1) is 18.6. The number of aryl methyl sites for hydroxylation is 1. The second-order valence-electron chi connectivity index (χ2n) is 10.8. The zero-order valence-electron chi connectivity index (χ0n) is 22.8. The van der Waals surface area contributed by atoms with Gasteiger partial charge in [0.05, 0.1) is 17.9 Å². The third-order valence-corrected chi connectivity index (χ3v) is 9.12. The molecule has 0 radical (unpaired) electrons. The number of nitrogens with zero attached hydrogens (tertiary/aromatic N) is 4. The molecule has 1 aliphatic rings. The summed E-state index contributed by atoms with van der Waals surface area (Å²) in [7, 11) is 0. The monoisotopic (exact) mass is 562 g/mol. The number of amides is 2. The first-order valence-electron chi connectivity index (χ1n) is 13.0. The number of carbonyl (C=O) groups excluding carboxylic acids is 2. The Morgan fingerprint density at radius 3 is 2.82 bits per heavy atom. The number of fused-ring (bicyclic) bond motifs is 1. The van der Waals surface area contributed by atoms with E-state index in [1.807, 2.05) is 29.7 Å². The maximum absolute atomic E-state index is 12.9. The first-order valence-corrected chi connectivity index (χ1v) is 14.8. The van der Waals surface area contributed by atoms with Gasteiger partial charge in [-0.15, -0.1) is 28.1 Å². The molecule has 204 valence electrons. The Morgan fingerprint density at radius 2 is 2.13 bits per heavy atom. The minimum Gasteiger partial charge on any atom is -0.345 e. The molecule has 3 aromatic rings. The summed E-state index contributed by atoms with van der Waals surface area (Å²) in [6, 6.07) is 9.70. The number of allylic oxidation sites excluding steroid dienone is 1. The molecule has 0 aliphatic heterocycles. The fraction of sp³-hybridized carbons (Fsp3) is 0.414. The lowest BCUT2D eigenvalue weighted by Crippen LogP contribution is -2.26. The molecule has 0 fully saturated rings. The van der Waals surface area contributed by atoms with E-state index in [0.29, 0.717) is 39.6 Å². The van der Waals surface area contributed by atoms with Gasteiger partial charge in [0.1, 0.15) is 11.1 Å². The Kier molecular flexibility index (Phi) is 8.93. The predicted octanol–water partition coefficient (Wildman–Crippen LogP) is 5.52. The van der Waals surface area contributed by atoms with Gasteiger partial charge in [0.2, 0.25) is 5.91 Å². The molecule has 0 spiro atoms. The van der Waals surface area contributed by atoms with Crippen LogP contribution in [-0.2, 0) is 30.7 Å². The minimum absolute atomic E-state index is 0.114. The zero-order chi connectivity index (χ0) is 28.2. The minimum atomic E-state index is -0.204. The van der Waals surface area contributed by atoms with Crippen molar-refractivity contribution in [1.82, 2.24) is 20.1 Å². The third-order valence-electron chi connectivity index (χ3n) is 6.98. The van der Waals surface area contributed by atoms with Gasteiger partial charge in [-0.3, -0.25) is 9.59 Å². The van der Waals surface area contributed by atoms with Crippen LogP contribution in [0.3, 0.4) is 0 Å². The molecule has 2 aromatic heterocycles. The number of hydrogen-bond acceptors (Lipinski definition) is 7. The van der Waals surface area contributed by atoms with Crippen LogP contribution in [0.15, 0.2) is 42.1 Å². The van der Waals surface area contributed by atoms with Crippen molar-refractivity contribution >= 4 is 39.9 Å². The predicted molar refractivity (Wildman–Crippen MR) is 156 cm³/mol. The highest BCUT2D eigenvalue weighted by Gasteiger charge is 2.32. The number of carbonyl (C=O) groups is 2. The van der Waals surface area contributed by atoms with E-state index in [-0.39, 0.29) is 29.5 Å². The molecule has 0 saturated carbocycles. The summed E-state index contributed by atoms with van der Waals surface area (Å²) in [6.45, 7) is 13.2. The molecule has 2 amide bonds. The van der Waals surface area contributed by atoms with Gasteiger partial charge in [0, 0.05) is 17.0 Å². The van der Waals surface area contributed by atoms with Crippen molar-refractivity contribution in [3.05, 3.63) is 69.9 Å². The normalized spacial score (nSPS) is 14.8. The van der Waals surface area contributed by atoms with Crippen molar-refractivity contribution < 1.29 is 9.59 Å². The number of anilines is 1. The van der Waals surface area contributed by atoms with Crippen LogP contribution in [-0.4, -0.2) is 32.3 Å². The molecule has 2 N–H and O–H groups in total. The van der Waals surface area contributed by atoms with Crippen molar-refractivity contribution in [1.29, 1.82) is 5.26 Å². The van der Waals surface area contributed by atoms with Crippen LogP contribution in [0.2, 0.25) is 0 Å². The summed E-state index contributed by atoms with van der Waals surface area (Å²) < 4.78 is 1.83. The highest BCUT2D eigenvalue weighted by molar-refractivity contribution is 7.99. The van der Waals surface area contributed by atoms with Gasteiger partial charge in [-0.2, -0.15) is 5.26 Å². The molecule has 1 aromatic carbocycles. The summed E-state index contributed by atoms with van der Waals surface area (Å²) >= 11 is 2.79. The van der Waals surface area contributed by atoms with E-state index in [1.54, 1.807) is 12.1 Å². The van der Waals surface area contributed by atoms with Crippen LogP contribution in [0.1, 0.15) is 64.9 Å². The molecular weight excluding hydrogens is 528 g/mol. The Balaban J connectivity index is 1.39. The number of thioether (sulfide) groups is 1. The van der Waals surface area contributed by atoms with E-state index in [1.165, 1.54) is 28.0 Å². The van der Waals surface area contributed by atoms with Crippen molar-refractivity contribution in [3.8, 4) is 6.07 Å². The molecule has 39 heavy (non-hydrogen) atoms. The number of benzene rings is 1. The molecule has 0 saturated heterocycles. The molecule has 8 nitrogen and oxygen atoms in total. The van der Waals surface area contributed by atoms with Gasteiger partial charge in [-0.25, -0.2) is 0 Å². The average molecular weight is 563 g/mol. The molecule has 1 atom stereocenters. The van der Waals surface area contributed by atoms with Gasteiger partial charge in [-0.05, 0) is 55.2 Å². The lowest BCUT2D eigenvalue weighted by molar-refractivity contribution is -0.113. The summed E-state index contributed by atoms with van der Waals surface area (Å²) in [5.74, 6) is 0.848. The fourth-order valence-electron chi connectivity index (χ4n) is 4.74. The zero-order valence-corrected chi connectivity index (χ0v) is 24.5. The van der Waals surface area contributed by atoms with Crippen LogP contribution < -0.4 is 10.6 Å². The molecular formula is C29H34N6O2S2. The molecule has 1 aliphatic carbocycles. The van der Waals surface area contributed by atoms with E-state index in [2.05, 4.69) is 54.3 Å². The van der Waals surface area contributed by atoms with E-state index in [0.717, 1.165) is 30.4 Å². The molecule has 2 heterocycles. The third kappa shape index (κ3) is 6.78. The molecule has 10 heteroatoms. The summed E-state index contributed by atoms with van der Waals surface area (Å²) in [5, 5.41) is 25.3. The quantitative estimate of drug-likeness (QED) is 0.262. The largest absolute Gasteiger partial charge is 0.345 e. The van der Waals surface area contributed by atoms with Gasteiger partial charge < -0.3 is 15.2 Å². The van der Waals surface area contributed by atoms with Gasteiger partial charge in [0.25, 0.3) is 5.91 Å². The number of hydrogen-bond donors (Lipinski definition) is 2. The lowest BCUT2D eigenvalue weighted by Gasteiger charge is -2.33. The average Bonchev–Trinajstić information content (AvgIpc) is 3.44. The fourth-order valence-corrected chi connectivity index (χ4v) is 6.80. The van der Waals surface area contributed by atoms with E-state index in [9.17, 15) is 14.9 Å². The number of thiophene rings is 1. The first kappa shape index (κ1) is 28.6. The number of nitriles is 1. The number of aromatic nitrogens is 3. The van der Waals surface area contributed by atoms with Crippen LogP contribution in [0, 0.1) is 29.6 Å². The van der Waals surface area contributed by atoms with Crippen LogP contribution in [0.4, 0.5) is 5.00 Å². The van der Waals surface area contributed by atoms with Crippen molar-refractivity contribution in [2.75, 3.05) is 11.1 Å². The Bertz CT molecular complexity index is 1430. The second kappa shape index (κ2) is 12.2. The highest BCUT2D eigenvalue weighted by Crippen LogP contribution is 2.44. The number of rotatable bonds is 9. The van der Waals surface area contributed by atoms with Gasteiger partial charge in [-0.1, -0.05) is 56.3 Å². The smallest absolute Gasteiger partial charge is 0.251 e. The number of nitrogens with one attached hydrogen (secondary N) is 2. The summed E-state index contributed by atoms with van der Waals surface area (Å²) in [5.41, 5.74) is 3.49. The van der Waals surface area contributed by atoms with Crippen molar-refractivity contribution in [2.45, 2.75) is 65.2 Å². The molecule has 4 rings (SSSR count). The van der Waals surface area contributed by atoms with Crippen LogP contribution in [0.25, 0.3) is 0 Å². The van der Waals surface area contributed by atoms with E-state index in [4.69, 9.17) is 0 Å². The standard InChI is InChI=1S/C29H34N6O2S2/c1-6-12-35-24(16-31-26(37)19-9-7-8-18(2)13-19)33-34-28(35)38-17-25(36)32-27-22(15-30)21-11-10-20(29(3,4)5)14-23(21)39-27/h6-9,13,20H,1,10-12,14,16-17H2,2-5H3,(H,31,37)(H,32,36)/t20-/m0/s1. The Morgan fingerprint density at radius 1 is 1.33 bits per heavy atom. The van der Waals surface area contributed by atoms with E-state index >= 15 is 0 Å². The topological polar surface area (TPSA) is 113 Å². The van der Waals surface area contributed by atoms with Crippen LogP contribution in [0.5, 0.6) is 0 Å². The summed E-state index contributed by atoms with van der Waals surface area (Å²) in [6.07, 6.45) is 4.59. The summed E-state index contributed by atoms with van der Waals surface area (Å²) in [4.78, 5) is 26.7. The molecule has 0 unspecified atom stereocenters. The van der Waals surface area contributed by atoms with Gasteiger partial charge >= 0.3 is 0 Å². The second-order valence-corrected chi connectivity index (χ2v) is 12.9. The Hall–Kier alpha value is -3.42. The van der Waals surface area contributed by atoms with E-state index < -0.39 is 0 Å². The maximum Gasteiger partial charge on any atom is 0.251 e. The Labute approximate surface area is 237 Å².